The number of hydrogen-bond donors (Lipinski definition) is 0. The summed E-state index contributed by atoms with van der Waals surface area (Å²) in [5.74, 6) is 3.09. The molecule has 4 heterocycles. The molecule has 1 amide bonds. The molecule has 8 heteroatoms. The number of hydrogen-bond acceptors (Lipinski definition) is 6. The molecule has 0 saturated carbocycles. The highest BCUT2D eigenvalue weighted by Gasteiger charge is 2.32. The number of carbonyl (C=O) groups is 1. The van der Waals surface area contributed by atoms with Crippen LogP contribution in [0.2, 0.25) is 0 Å². The van der Waals surface area contributed by atoms with Gasteiger partial charge < -0.3 is 18.9 Å². The van der Waals surface area contributed by atoms with Crippen molar-refractivity contribution in [3.8, 4) is 0 Å². The van der Waals surface area contributed by atoms with E-state index in [1.165, 1.54) is 6.42 Å². The van der Waals surface area contributed by atoms with Gasteiger partial charge in [-0.3, -0.25) is 4.79 Å². The minimum atomic E-state index is -0.0225. The van der Waals surface area contributed by atoms with Crippen LogP contribution in [0.25, 0.3) is 0 Å². The average molecular weight is 372 g/mol. The highest BCUT2D eigenvalue weighted by molar-refractivity contribution is 5.96. The van der Waals surface area contributed by atoms with E-state index < -0.39 is 0 Å². The molecule has 0 radical (unpaired) electrons. The minimum Gasteiger partial charge on any atom is -0.361 e. The van der Waals surface area contributed by atoms with Gasteiger partial charge >= 0.3 is 0 Å². The van der Waals surface area contributed by atoms with Gasteiger partial charge in [-0.1, -0.05) is 19.0 Å². The Hall–Kier alpha value is -2.22. The molecular formula is C19H28N6O2. The highest BCUT2D eigenvalue weighted by atomic mass is 16.5. The van der Waals surface area contributed by atoms with Gasteiger partial charge in [0.1, 0.15) is 17.1 Å². The molecule has 2 aromatic rings. The summed E-state index contributed by atoms with van der Waals surface area (Å²) >= 11 is 0. The lowest BCUT2D eigenvalue weighted by Crippen LogP contribution is -2.40. The summed E-state index contributed by atoms with van der Waals surface area (Å²) in [7, 11) is 2.16. The number of aryl methyl sites for hydroxylation is 1. The van der Waals surface area contributed by atoms with E-state index in [9.17, 15) is 4.79 Å². The Bertz CT molecular complexity index is 839. The molecule has 1 saturated heterocycles. The highest BCUT2D eigenvalue weighted by Crippen LogP contribution is 2.28. The van der Waals surface area contributed by atoms with E-state index in [0.29, 0.717) is 30.3 Å². The van der Waals surface area contributed by atoms with Crippen LogP contribution in [0.3, 0.4) is 0 Å². The first-order valence-corrected chi connectivity index (χ1v) is 9.81. The first-order chi connectivity index (χ1) is 13.0. The van der Waals surface area contributed by atoms with Crippen molar-refractivity contribution in [3.05, 3.63) is 28.7 Å². The third-order valence-corrected chi connectivity index (χ3v) is 5.71. The second-order valence-electron chi connectivity index (χ2n) is 8.11. The lowest BCUT2D eigenvalue weighted by molar-refractivity contribution is 0.0702. The van der Waals surface area contributed by atoms with Gasteiger partial charge in [-0.25, -0.2) is 0 Å². The molecule has 0 N–H and O–H groups in total. The molecule has 8 nitrogen and oxygen atoms in total. The molecule has 1 fully saturated rings. The number of aromatic nitrogens is 4. The van der Waals surface area contributed by atoms with Gasteiger partial charge in [0.15, 0.2) is 5.82 Å². The van der Waals surface area contributed by atoms with Crippen LogP contribution in [-0.2, 0) is 13.1 Å². The van der Waals surface area contributed by atoms with Gasteiger partial charge in [0, 0.05) is 25.6 Å². The van der Waals surface area contributed by atoms with E-state index >= 15 is 0 Å². The molecule has 1 unspecified atom stereocenters. The summed E-state index contributed by atoms with van der Waals surface area (Å²) in [4.78, 5) is 17.3. The third kappa shape index (κ3) is 3.26. The van der Waals surface area contributed by atoms with Crippen molar-refractivity contribution < 1.29 is 9.32 Å². The number of piperidine rings is 1. The fraction of sp³-hybridized carbons (Fsp3) is 0.684. The first-order valence-electron chi connectivity index (χ1n) is 9.81. The molecule has 1 atom stereocenters. The first kappa shape index (κ1) is 18.2. The quantitative estimate of drug-likeness (QED) is 0.821. The Morgan fingerprint density at radius 2 is 2.04 bits per heavy atom. The average Bonchev–Trinajstić information content (AvgIpc) is 3.24. The lowest BCUT2D eigenvalue weighted by atomic mass is 9.97. The third-order valence-electron chi connectivity index (χ3n) is 5.71. The maximum absolute atomic E-state index is 13.1. The van der Waals surface area contributed by atoms with Gasteiger partial charge in [0.25, 0.3) is 5.91 Å². The zero-order valence-corrected chi connectivity index (χ0v) is 16.6. The summed E-state index contributed by atoms with van der Waals surface area (Å²) in [5, 5.41) is 13.0. The minimum absolute atomic E-state index is 0.0225. The van der Waals surface area contributed by atoms with E-state index in [0.717, 1.165) is 43.4 Å². The van der Waals surface area contributed by atoms with Crippen molar-refractivity contribution in [2.45, 2.75) is 58.5 Å². The van der Waals surface area contributed by atoms with E-state index in [4.69, 9.17) is 4.52 Å². The van der Waals surface area contributed by atoms with Crippen LogP contribution in [0.4, 0.5) is 0 Å². The van der Waals surface area contributed by atoms with Crippen molar-refractivity contribution in [1.29, 1.82) is 0 Å². The van der Waals surface area contributed by atoms with E-state index in [2.05, 4.69) is 31.9 Å². The standard InChI is InChI=1S/C19H28N6O2/c1-12(2)17-16(13(3)27-22-17)19(26)24-8-9-25-15(11-24)20-21-18(25)14-6-5-7-23(4)10-14/h12,14H,5-11H2,1-4H3. The summed E-state index contributed by atoms with van der Waals surface area (Å²) < 4.78 is 7.52. The number of nitrogens with zero attached hydrogens (tertiary/aromatic N) is 6. The second kappa shape index (κ2) is 7.07. The second-order valence-corrected chi connectivity index (χ2v) is 8.11. The Morgan fingerprint density at radius 1 is 1.22 bits per heavy atom. The van der Waals surface area contributed by atoms with Crippen LogP contribution in [0, 0.1) is 6.92 Å². The van der Waals surface area contributed by atoms with Crippen LogP contribution in [-0.4, -0.2) is 62.3 Å². The van der Waals surface area contributed by atoms with E-state index in [1.54, 1.807) is 6.92 Å². The zero-order chi connectivity index (χ0) is 19.1. The van der Waals surface area contributed by atoms with Crippen LogP contribution in [0.1, 0.15) is 72.0 Å². The Labute approximate surface area is 159 Å². The summed E-state index contributed by atoms with van der Waals surface area (Å²) in [6.07, 6.45) is 2.35. The molecular weight excluding hydrogens is 344 g/mol. The van der Waals surface area contributed by atoms with Crippen LogP contribution in [0.5, 0.6) is 0 Å². The zero-order valence-electron chi connectivity index (χ0n) is 16.6. The molecule has 2 aliphatic heterocycles. The van der Waals surface area contributed by atoms with Crippen molar-refractivity contribution in [2.75, 3.05) is 26.7 Å². The number of likely N-dealkylation sites (N-methyl/N-ethyl adjacent to an activating group) is 1. The topological polar surface area (TPSA) is 80.3 Å². The molecule has 2 aromatic heterocycles. The van der Waals surface area contributed by atoms with Gasteiger partial charge in [-0.05, 0) is 39.3 Å². The maximum Gasteiger partial charge on any atom is 0.259 e. The molecule has 4 rings (SSSR count). The van der Waals surface area contributed by atoms with Crippen molar-refractivity contribution >= 4 is 5.91 Å². The normalized spacial score (nSPS) is 20.9. The number of likely N-dealkylation sites (tertiary alicyclic amines) is 1. The Kier molecular flexibility index (Phi) is 4.75. The van der Waals surface area contributed by atoms with E-state index in [-0.39, 0.29) is 11.8 Å². The predicted octanol–water partition coefficient (Wildman–Crippen LogP) is 2.16. The fourth-order valence-electron chi connectivity index (χ4n) is 4.23. The summed E-state index contributed by atoms with van der Waals surface area (Å²) in [5.41, 5.74) is 1.34. The molecule has 2 aliphatic rings. The summed E-state index contributed by atoms with van der Waals surface area (Å²) in [6, 6.07) is 0. The lowest BCUT2D eigenvalue weighted by Gasteiger charge is -2.32. The molecule has 0 aromatic carbocycles. The summed E-state index contributed by atoms with van der Waals surface area (Å²) in [6.45, 7) is 9.90. The monoisotopic (exact) mass is 372 g/mol. The molecule has 0 bridgehead atoms. The van der Waals surface area contributed by atoms with E-state index in [1.807, 2.05) is 18.7 Å². The van der Waals surface area contributed by atoms with Gasteiger partial charge in [-0.2, -0.15) is 0 Å². The van der Waals surface area contributed by atoms with Crippen LogP contribution >= 0.6 is 0 Å². The number of carbonyl (C=O) groups excluding carboxylic acids is 1. The predicted molar refractivity (Wildman–Crippen MR) is 99.6 cm³/mol. The number of rotatable bonds is 3. The van der Waals surface area contributed by atoms with Gasteiger partial charge in [0.2, 0.25) is 0 Å². The van der Waals surface area contributed by atoms with Crippen LogP contribution < -0.4 is 0 Å². The Balaban J connectivity index is 1.54. The molecule has 0 aliphatic carbocycles. The Morgan fingerprint density at radius 3 is 2.78 bits per heavy atom. The smallest absolute Gasteiger partial charge is 0.259 e. The van der Waals surface area contributed by atoms with Crippen molar-refractivity contribution in [2.24, 2.45) is 0 Å². The number of fused-ring (bicyclic) bond motifs is 1. The van der Waals surface area contributed by atoms with Crippen molar-refractivity contribution in [3.63, 3.8) is 0 Å². The van der Waals surface area contributed by atoms with Gasteiger partial charge in [0.05, 0.1) is 12.2 Å². The molecule has 0 spiro atoms. The largest absolute Gasteiger partial charge is 0.361 e. The fourth-order valence-corrected chi connectivity index (χ4v) is 4.23. The molecule has 27 heavy (non-hydrogen) atoms. The SMILES string of the molecule is Cc1onc(C(C)C)c1C(=O)N1CCn2c(nnc2C2CCCN(C)C2)C1. The molecule has 146 valence electrons. The van der Waals surface area contributed by atoms with Crippen LogP contribution in [0.15, 0.2) is 4.52 Å². The number of amides is 1. The van der Waals surface area contributed by atoms with Crippen molar-refractivity contribution in [1.82, 2.24) is 29.7 Å². The van der Waals surface area contributed by atoms with Gasteiger partial charge in [-0.15, -0.1) is 10.2 Å². The maximum atomic E-state index is 13.1.